The van der Waals surface area contributed by atoms with Gasteiger partial charge in [0.25, 0.3) is 0 Å². The van der Waals surface area contributed by atoms with Crippen LogP contribution in [0, 0.1) is 12.8 Å². The number of nitrogens with one attached hydrogen (secondary N) is 1. The molecule has 1 aromatic rings. The Morgan fingerprint density at radius 1 is 1.35 bits per heavy atom. The van der Waals surface area contributed by atoms with E-state index in [0.29, 0.717) is 4.90 Å². The quantitative estimate of drug-likeness (QED) is 0.876. The summed E-state index contributed by atoms with van der Waals surface area (Å²) < 4.78 is 27.1. The van der Waals surface area contributed by atoms with Crippen LogP contribution in [0.15, 0.2) is 29.2 Å². The Morgan fingerprint density at radius 2 is 2.00 bits per heavy atom. The molecule has 1 atom stereocenters. The van der Waals surface area contributed by atoms with Crippen LogP contribution < -0.4 is 4.72 Å². The molecular formula is C13H19NO2S. The van der Waals surface area contributed by atoms with Gasteiger partial charge in [0.15, 0.2) is 0 Å². The third-order valence-electron chi connectivity index (χ3n) is 3.12. The molecule has 0 radical (unpaired) electrons. The molecule has 0 saturated heterocycles. The molecule has 1 aliphatic rings. The zero-order valence-corrected chi connectivity index (χ0v) is 11.1. The van der Waals surface area contributed by atoms with E-state index in [4.69, 9.17) is 0 Å². The van der Waals surface area contributed by atoms with Crippen molar-refractivity contribution in [1.82, 2.24) is 4.72 Å². The number of rotatable bonds is 5. The normalized spacial score (nSPS) is 18.0. The summed E-state index contributed by atoms with van der Waals surface area (Å²) in [7, 11) is -3.36. The van der Waals surface area contributed by atoms with Gasteiger partial charge in [-0.1, -0.05) is 31.0 Å². The number of aryl methyl sites for hydroxylation is 1. The van der Waals surface area contributed by atoms with Crippen LogP contribution in [0.25, 0.3) is 0 Å². The topological polar surface area (TPSA) is 46.2 Å². The Kier molecular flexibility index (Phi) is 3.54. The van der Waals surface area contributed by atoms with E-state index >= 15 is 0 Å². The predicted molar refractivity (Wildman–Crippen MR) is 68.3 cm³/mol. The highest BCUT2D eigenvalue weighted by Gasteiger charge is 2.26. The smallest absolute Gasteiger partial charge is 0.208 e. The minimum Gasteiger partial charge on any atom is -0.208 e. The molecule has 1 N–H and O–H groups in total. The summed E-state index contributed by atoms with van der Waals surface area (Å²) in [6.07, 6.45) is 3.44. The van der Waals surface area contributed by atoms with Gasteiger partial charge in [-0.15, -0.1) is 0 Å². The van der Waals surface area contributed by atoms with Gasteiger partial charge in [0.05, 0.1) is 4.90 Å². The van der Waals surface area contributed by atoms with E-state index in [2.05, 4.69) is 4.72 Å². The van der Waals surface area contributed by atoms with Crippen LogP contribution in [0.2, 0.25) is 0 Å². The lowest BCUT2D eigenvalue weighted by Crippen LogP contribution is -2.33. The first-order chi connectivity index (χ1) is 7.99. The maximum absolute atomic E-state index is 12.2. The van der Waals surface area contributed by atoms with E-state index in [0.717, 1.165) is 17.9 Å². The van der Waals surface area contributed by atoms with Gasteiger partial charge in [0.1, 0.15) is 0 Å². The molecule has 1 aliphatic carbocycles. The molecule has 17 heavy (non-hydrogen) atoms. The number of benzene rings is 1. The molecule has 1 saturated carbocycles. The van der Waals surface area contributed by atoms with E-state index in [1.165, 1.54) is 12.8 Å². The highest BCUT2D eigenvalue weighted by molar-refractivity contribution is 7.89. The Hall–Kier alpha value is -0.870. The fourth-order valence-corrected chi connectivity index (χ4v) is 3.59. The molecule has 0 aromatic heterocycles. The Bertz CT molecular complexity index is 492. The van der Waals surface area contributed by atoms with Crippen molar-refractivity contribution in [2.45, 2.75) is 44.0 Å². The van der Waals surface area contributed by atoms with Gasteiger partial charge >= 0.3 is 0 Å². The van der Waals surface area contributed by atoms with Gasteiger partial charge in [0, 0.05) is 6.04 Å². The zero-order valence-electron chi connectivity index (χ0n) is 10.3. The summed E-state index contributed by atoms with van der Waals surface area (Å²) in [5, 5.41) is 0. The first kappa shape index (κ1) is 12.6. The van der Waals surface area contributed by atoms with E-state index in [9.17, 15) is 8.42 Å². The SMILES string of the molecule is Cc1ccccc1S(=O)(=O)NC(C)CC1CC1. The summed E-state index contributed by atoms with van der Waals surface area (Å²) in [6, 6.07) is 7.10. The van der Waals surface area contributed by atoms with Crippen molar-refractivity contribution >= 4 is 10.0 Å². The largest absolute Gasteiger partial charge is 0.241 e. The van der Waals surface area contributed by atoms with Crippen molar-refractivity contribution in [3.63, 3.8) is 0 Å². The fraction of sp³-hybridized carbons (Fsp3) is 0.538. The number of hydrogen-bond donors (Lipinski definition) is 1. The molecular weight excluding hydrogens is 234 g/mol. The summed E-state index contributed by atoms with van der Waals surface area (Å²) in [5.74, 6) is 0.726. The lowest BCUT2D eigenvalue weighted by molar-refractivity contribution is 0.529. The molecule has 94 valence electrons. The first-order valence-corrected chi connectivity index (χ1v) is 7.55. The zero-order chi connectivity index (χ0) is 12.5. The highest BCUT2D eigenvalue weighted by Crippen LogP contribution is 2.33. The second kappa shape index (κ2) is 4.78. The van der Waals surface area contributed by atoms with Gasteiger partial charge in [0.2, 0.25) is 10.0 Å². The Labute approximate surface area is 103 Å². The van der Waals surface area contributed by atoms with Crippen molar-refractivity contribution in [2.75, 3.05) is 0 Å². The van der Waals surface area contributed by atoms with Gasteiger partial charge in [-0.2, -0.15) is 0 Å². The Balaban J connectivity index is 2.10. The summed E-state index contributed by atoms with van der Waals surface area (Å²) in [6.45, 7) is 3.76. The van der Waals surface area contributed by atoms with Gasteiger partial charge < -0.3 is 0 Å². The minimum atomic E-state index is -3.36. The number of sulfonamides is 1. The van der Waals surface area contributed by atoms with Crippen LogP contribution in [-0.2, 0) is 10.0 Å². The average Bonchev–Trinajstić information content (AvgIpc) is 3.00. The lowest BCUT2D eigenvalue weighted by atomic mass is 10.2. The molecule has 0 heterocycles. The molecule has 0 bridgehead atoms. The fourth-order valence-electron chi connectivity index (χ4n) is 2.09. The molecule has 1 fully saturated rings. The molecule has 1 aromatic carbocycles. The monoisotopic (exact) mass is 253 g/mol. The van der Waals surface area contributed by atoms with Crippen LogP contribution in [-0.4, -0.2) is 14.5 Å². The predicted octanol–water partition coefficient (Wildman–Crippen LogP) is 2.46. The van der Waals surface area contributed by atoms with Crippen LogP contribution in [0.1, 0.15) is 31.7 Å². The molecule has 0 amide bonds. The van der Waals surface area contributed by atoms with Crippen molar-refractivity contribution in [2.24, 2.45) is 5.92 Å². The molecule has 2 rings (SSSR count). The second-order valence-electron chi connectivity index (χ2n) is 4.97. The van der Waals surface area contributed by atoms with Gasteiger partial charge in [-0.3, -0.25) is 0 Å². The van der Waals surface area contributed by atoms with Crippen LogP contribution in [0.4, 0.5) is 0 Å². The minimum absolute atomic E-state index is 0.0205. The van der Waals surface area contributed by atoms with E-state index < -0.39 is 10.0 Å². The van der Waals surface area contributed by atoms with Crippen LogP contribution in [0.5, 0.6) is 0 Å². The molecule has 4 heteroatoms. The van der Waals surface area contributed by atoms with Gasteiger partial charge in [-0.05, 0) is 37.8 Å². The maximum Gasteiger partial charge on any atom is 0.241 e. The highest BCUT2D eigenvalue weighted by atomic mass is 32.2. The van der Waals surface area contributed by atoms with Crippen LogP contribution in [0.3, 0.4) is 0 Å². The van der Waals surface area contributed by atoms with E-state index in [-0.39, 0.29) is 6.04 Å². The maximum atomic E-state index is 12.2. The third-order valence-corrected chi connectivity index (χ3v) is 4.87. The van der Waals surface area contributed by atoms with Gasteiger partial charge in [-0.25, -0.2) is 13.1 Å². The van der Waals surface area contributed by atoms with Crippen molar-refractivity contribution < 1.29 is 8.42 Å². The molecule has 3 nitrogen and oxygen atoms in total. The summed E-state index contributed by atoms with van der Waals surface area (Å²) >= 11 is 0. The lowest BCUT2D eigenvalue weighted by Gasteiger charge is -2.14. The van der Waals surface area contributed by atoms with Crippen molar-refractivity contribution in [1.29, 1.82) is 0 Å². The summed E-state index contributed by atoms with van der Waals surface area (Å²) in [4.78, 5) is 0.391. The van der Waals surface area contributed by atoms with Crippen LogP contribution >= 0.6 is 0 Å². The standard InChI is InChI=1S/C13H19NO2S/c1-10-5-3-4-6-13(10)17(15,16)14-11(2)9-12-7-8-12/h3-6,11-12,14H,7-9H2,1-2H3. The van der Waals surface area contributed by atoms with Crippen molar-refractivity contribution in [3.05, 3.63) is 29.8 Å². The van der Waals surface area contributed by atoms with Crippen molar-refractivity contribution in [3.8, 4) is 0 Å². The van der Waals surface area contributed by atoms with E-state index in [1.54, 1.807) is 12.1 Å². The first-order valence-electron chi connectivity index (χ1n) is 6.07. The molecule has 0 spiro atoms. The van der Waals surface area contributed by atoms with E-state index in [1.807, 2.05) is 26.0 Å². The summed E-state index contributed by atoms with van der Waals surface area (Å²) in [5.41, 5.74) is 0.790. The Morgan fingerprint density at radius 3 is 2.59 bits per heavy atom. The second-order valence-corrected chi connectivity index (χ2v) is 6.65. The number of hydrogen-bond acceptors (Lipinski definition) is 2. The average molecular weight is 253 g/mol. The molecule has 1 unspecified atom stereocenters. The molecule has 0 aliphatic heterocycles. The third kappa shape index (κ3) is 3.30.